The Hall–Kier alpha value is -4.39. The molecule has 18 nitrogen and oxygen atoms in total. The molecular weight excluding hydrogens is 852 g/mol. The van der Waals surface area contributed by atoms with Gasteiger partial charge in [-0.05, 0) is 84.0 Å². The summed E-state index contributed by atoms with van der Waals surface area (Å²) in [7, 11) is -10.5. The van der Waals surface area contributed by atoms with E-state index in [1.807, 2.05) is 0 Å². The van der Waals surface area contributed by atoms with Crippen LogP contribution in [0.1, 0.15) is 31.8 Å². The van der Waals surface area contributed by atoms with Crippen molar-refractivity contribution >= 4 is 106 Å². The molecule has 0 aliphatic heterocycles. The summed E-state index contributed by atoms with van der Waals surface area (Å²) in [6, 6.07) is 17.6. The van der Waals surface area contributed by atoms with Crippen LogP contribution in [0.15, 0.2) is 122 Å². The topological polar surface area (TPSA) is 305 Å². The minimum absolute atomic E-state index is 0. The van der Waals surface area contributed by atoms with Crippen LogP contribution in [0.3, 0.4) is 0 Å². The molecule has 0 saturated heterocycles. The monoisotopic (exact) mass is 873 g/mol. The van der Waals surface area contributed by atoms with E-state index in [9.17, 15) is 50.2 Å². The largest absolute Gasteiger partial charge is 1.00 e. The summed E-state index contributed by atoms with van der Waals surface area (Å²) in [5.41, 5.74) is 12.6. The number of nitrogens with zero attached hydrogens (tertiary/aromatic N) is 3. The third kappa shape index (κ3) is 10.0. The van der Waals surface area contributed by atoms with Crippen LogP contribution in [-0.2, 0) is 29.8 Å². The summed E-state index contributed by atoms with van der Waals surface area (Å²) in [4.78, 5) is 48.2. The Labute approximate surface area is 406 Å². The van der Waals surface area contributed by atoms with E-state index in [-0.39, 0.29) is 134 Å². The smallest absolute Gasteiger partial charge is 0.744 e. The van der Waals surface area contributed by atoms with Gasteiger partial charge in [0.15, 0.2) is 5.78 Å². The zero-order chi connectivity index (χ0) is 40.8. The van der Waals surface area contributed by atoms with E-state index < -0.39 is 70.4 Å². The third-order valence-corrected chi connectivity index (χ3v) is 10.3. The standard InChI is InChI=1S/C37H25N7O11S2.3Na/c38-20-6-9-23-19(13-20)15-32(57(53,54)55)33(35(23)46)43-40-21-7-5-18-14-31(56(50,51)52)34(36(47)26(18)16-21)44-42-29-11-10-28(24-3-1-2-4-25(24)29)41-39-22-8-12-30(45)27(17-22)37(48)49;;;/h1-17,40-42H,38H2,(H,48,49)(H,50,51,52)(H,53,54,55);;;/q;3*+1/p-3/b39-22-,43-33-,44-34+;;;. The number of hydrogen-bond donors (Lipinski definition) is 4. The Morgan fingerprint density at radius 3 is 1.75 bits per heavy atom. The van der Waals surface area contributed by atoms with E-state index in [2.05, 4.69) is 31.6 Å². The fourth-order valence-corrected chi connectivity index (χ4v) is 7.24. The second-order valence-corrected chi connectivity index (χ2v) is 15.0. The van der Waals surface area contributed by atoms with Crippen LogP contribution in [0.5, 0.6) is 0 Å². The van der Waals surface area contributed by atoms with Crippen LogP contribution in [0, 0.1) is 0 Å². The summed E-state index contributed by atoms with van der Waals surface area (Å²) >= 11 is 0. The number of fused-ring (bicyclic) bond motifs is 3. The second kappa shape index (κ2) is 19.1. The van der Waals surface area contributed by atoms with Crippen molar-refractivity contribution in [2.24, 2.45) is 15.3 Å². The molecule has 0 radical (unpaired) electrons. The molecule has 4 aromatic rings. The predicted octanol–water partition coefficient (Wildman–Crippen LogP) is -6.88. The molecule has 7 rings (SSSR count). The van der Waals surface area contributed by atoms with Gasteiger partial charge < -0.3 is 24.7 Å². The van der Waals surface area contributed by atoms with Gasteiger partial charge in [0.1, 0.15) is 31.7 Å². The van der Waals surface area contributed by atoms with Crippen LogP contribution in [0.4, 0.5) is 22.7 Å². The number of Topliss-reactive ketones (excluding diaryl/α,β-unsaturated/α-hetero) is 2. The zero-order valence-electron chi connectivity index (χ0n) is 31.5. The van der Waals surface area contributed by atoms with E-state index in [1.54, 1.807) is 30.3 Å². The Morgan fingerprint density at radius 1 is 0.617 bits per heavy atom. The van der Waals surface area contributed by atoms with Crippen molar-refractivity contribution in [2.45, 2.75) is 0 Å². The van der Waals surface area contributed by atoms with E-state index in [0.717, 1.165) is 24.3 Å². The summed E-state index contributed by atoms with van der Waals surface area (Å²) in [5.74, 6) is -4.31. The van der Waals surface area contributed by atoms with Crippen LogP contribution < -0.4 is 116 Å². The average Bonchev–Trinajstić information content (AvgIpc) is 3.16. The summed E-state index contributed by atoms with van der Waals surface area (Å²) in [6.45, 7) is 0. The van der Waals surface area contributed by atoms with Gasteiger partial charge in [-0.15, -0.1) is 0 Å². The zero-order valence-corrected chi connectivity index (χ0v) is 39.2. The van der Waals surface area contributed by atoms with Gasteiger partial charge in [-0.25, -0.2) is 16.8 Å². The van der Waals surface area contributed by atoms with Crippen molar-refractivity contribution in [3.05, 3.63) is 129 Å². The third-order valence-electron chi connectivity index (χ3n) is 8.62. The maximum absolute atomic E-state index is 13.8. The minimum Gasteiger partial charge on any atom is -0.744 e. The van der Waals surface area contributed by atoms with Gasteiger partial charge in [-0.1, -0.05) is 30.3 Å². The van der Waals surface area contributed by atoms with Crippen LogP contribution in [0.2, 0.25) is 0 Å². The molecule has 0 spiro atoms. The number of carboxylic acids is 1. The maximum atomic E-state index is 13.8. The van der Waals surface area contributed by atoms with Crippen molar-refractivity contribution < 1.29 is 139 Å². The van der Waals surface area contributed by atoms with Crippen molar-refractivity contribution in [3.8, 4) is 0 Å². The fourth-order valence-electron chi connectivity index (χ4n) is 5.95. The molecule has 3 aliphatic carbocycles. The number of anilines is 4. The summed E-state index contributed by atoms with van der Waals surface area (Å²) in [6.07, 6.45) is 5.30. The van der Waals surface area contributed by atoms with Gasteiger partial charge >= 0.3 is 88.7 Å². The molecule has 286 valence electrons. The number of nitrogen functional groups attached to an aromatic ring is 1. The number of carbonyl (C=O) groups is 4. The molecule has 5 N–H and O–H groups in total. The Bertz CT molecular complexity index is 3000. The minimum atomic E-state index is -5.28. The summed E-state index contributed by atoms with van der Waals surface area (Å²) < 4.78 is 73.5. The number of hydrogen-bond acceptors (Lipinski definition) is 18. The SMILES string of the molecule is Nc1ccc2c(c1)C=C(S(=O)(=O)[O-])/C(=N/Nc1ccc3c(c1)C(=O)/C(=N/Nc1ccc(N/N=C4/C=CC(=O)C(C(=O)[O-])=C4)c4ccccc14)C(S(=O)(=O)[O-])=C3)C2=O.[Na+].[Na+].[Na+]. The molecule has 0 bridgehead atoms. The second-order valence-electron chi connectivity index (χ2n) is 12.3. The number of nitrogens with two attached hydrogens (primary N) is 1. The fraction of sp³-hybridized carbons (Fsp3) is 0. The molecule has 0 heterocycles. The molecule has 23 heteroatoms. The molecule has 3 aliphatic rings. The first-order valence-electron chi connectivity index (χ1n) is 16.2. The number of carboxylic acid groups (broad SMARTS) is 1. The van der Waals surface area contributed by atoms with E-state index in [0.29, 0.717) is 16.5 Å². The van der Waals surface area contributed by atoms with Gasteiger partial charge in [0, 0.05) is 33.2 Å². The number of hydrazone groups is 3. The number of rotatable bonds is 9. The molecule has 0 saturated carbocycles. The molecule has 0 atom stereocenters. The van der Waals surface area contributed by atoms with Gasteiger partial charge in [0.2, 0.25) is 11.6 Å². The molecule has 0 amide bonds. The maximum Gasteiger partial charge on any atom is 1.00 e. The van der Waals surface area contributed by atoms with Crippen molar-refractivity contribution in [1.82, 2.24) is 0 Å². The van der Waals surface area contributed by atoms with Gasteiger partial charge in [0.05, 0.1) is 38.6 Å². The molecule has 60 heavy (non-hydrogen) atoms. The van der Waals surface area contributed by atoms with Crippen LogP contribution >= 0.6 is 0 Å². The first-order valence-corrected chi connectivity index (χ1v) is 19.0. The normalized spacial score (nSPS) is 16.7. The Balaban J connectivity index is 0.00000265. The first kappa shape index (κ1) is 48.3. The number of ketones is 3. The van der Waals surface area contributed by atoms with Crippen molar-refractivity contribution in [2.75, 3.05) is 22.0 Å². The van der Waals surface area contributed by atoms with E-state index >= 15 is 0 Å². The molecule has 0 aromatic heterocycles. The van der Waals surface area contributed by atoms with Crippen molar-refractivity contribution in [1.29, 1.82) is 0 Å². The number of benzene rings is 4. The Kier molecular flexibility index (Phi) is 15.4. The van der Waals surface area contributed by atoms with Gasteiger partial charge in [-0.2, -0.15) is 15.3 Å². The van der Waals surface area contributed by atoms with Gasteiger partial charge in [0.25, 0.3) is 0 Å². The molecular formula is C37H22N7Na3O11S2. The van der Waals surface area contributed by atoms with E-state index in [4.69, 9.17) is 5.73 Å². The molecule has 4 aromatic carbocycles. The molecule has 0 fully saturated rings. The van der Waals surface area contributed by atoms with Gasteiger partial charge in [-0.3, -0.25) is 30.7 Å². The number of nitrogens with one attached hydrogen (secondary N) is 3. The van der Waals surface area contributed by atoms with Crippen LogP contribution in [-0.4, -0.2) is 66.4 Å². The predicted molar refractivity (Wildman–Crippen MR) is 206 cm³/mol. The van der Waals surface area contributed by atoms with Crippen molar-refractivity contribution in [3.63, 3.8) is 0 Å². The number of allylic oxidation sites excluding steroid dienone is 5. The molecule has 0 unspecified atom stereocenters. The Morgan fingerprint density at radius 2 is 1.17 bits per heavy atom. The number of aliphatic carboxylic acids is 1. The average molecular weight is 874 g/mol. The quantitative estimate of drug-likeness (QED) is 0.0304. The number of carbonyl (C=O) groups excluding carboxylic acids is 4. The van der Waals surface area contributed by atoms with E-state index in [1.165, 1.54) is 48.5 Å². The summed E-state index contributed by atoms with van der Waals surface area (Å²) in [5, 5.41) is 24.3. The van der Waals surface area contributed by atoms with Crippen LogP contribution in [0.25, 0.3) is 22.9 Å². The first-order chi connectivity index (χ1) is 27.0.